The molecule has 1 amide bonds. The first-order valence-electron chi connectivity index (χ1n) is 8.13. The van der Waals surface area contributed by atoms with Gasteiger partial charge in [0.05, 0.1) is 17.1 Å². The van der Waals surface area contributed by atoms with Crippen molar-refractivity contribution in [2.75, 3.05) is 24.3 Å². The maximum absolute atomic E-state index is 12.6. The summed E-state index contributed by atoms with van der Waals surface area (Å²) in [6, 6.07) is 6.61. The number of carbonyl (C=O) groups is 2. The zero-order chi connectivity index (χ0) is 18.6. The summed E-state index contributed by atoms with van der Waals surface area (Å²) < 4.78 is 28.6. The van der Waals surface area contributed by atoms with Gasteiger partial charge in [-0.15, -0.1) is 11.8 Å². The number of thioether (sulfide) groups is 1. The van der Waals surface area contributed by atoms with E-state index in [1.165, 1.54) is 11.8 Å². The van der Waals surface area contributed by atoms with Gasteiger partial charge in [-0.1, -0.05) is 0 Å². The fraction of sp³-hybridized carbons (Fsp3) is 0.529. The van der Waals surface area contributed by atoms with Gasteiger partial charge in [0.25, 0.3) is 5.91 Å². The minimum atomic E-state index is -3.09. The minimum Gasteiger partial charge on any atom is -0.449 e. The Morgan fingerprint density at radius 3 is 2.44 bits per heavy atom. The maximum Gasteiger partial charge on any atom is 0.338 e. The molecule has 0 radical (unpaired) electrons. The molecule has 0 unspecified atom stereocenters. The Morgan fingerprint density at radius 1 is 1.32 bits per heavy atom. The Labute approximate surface area is 152 Å². The average molecular weight is 386 g/mol. The molecule has 1 aliphatic heterocycles. The lowest BCUT2D eigenvalue weighted by atomic mass is 10.2. The van der Waals surface area contributed by atoms with E-state index in [9.17, 15) is 18.0 Å². The zero-order valence-electron chi connectivity index (χ0n) is 14.6. The Kier molecular flexibility index (Phi) is 6.51. The van der Waals surface area contributed by atoms with Crippen LogP contribution in [0.5, 0.6) is 0 Å². The number of benzene rings is 1. The summed E-state index contributed by atoms with van der Waals surface area (Å²) in [7, 11) is -3.09. The van der Waals surface area contributed by atoms with Gasteiger partial charge in [-0.05, 0) is 50.8 Å². The lowest BCUT2D eigenvalue weighted by Gasteiger charge is -2.29. The molecule has 1 aromatic carbocycles. The van der Waals surface area contributed by atoms with E-state index in [0.717, 1.165) is 4.90 Å². The molecule has 0 bridgehead atoms. The third-order valence-electron chi connectivity index (χ3n) is 4.23. The van der Waals surface area contributed by atoms with E-state index in [-0.39, 0.29) is 23.5 Å². The quantitative estimate of drug-likeness (QED) is 0.550. The highest BCUT2D eigenvalue weighted by molar-refractivity contribution is 7.98. The summed E-state index contributed by atoms with van der Waals surface area (Å²) in [5, 5.41) is 0. The predicted octanol–water partition coefficient (Wildman–Crippen LogP) is 1.99. The number of rotatable bonds is 6. The second-order valence-electron chi connectivity index (χ2n) is 5.96. The molecule has 8 heteroatoms. The lowest BCUT2D eigenvalue weighted by molar-refractivity contribution is -0.141. The molecular weight excluding hydrogens is 362 g/mol. The van der Waals surface area contributed by atoms with Crippen LogP contribution in [0.1, 0.15) is 30.6 Å². The summed E-state index contributed by atoms with van der Waals surface area (Å²) in [6.45, 7) is 3.68. The van der Waals surface area contributed by atoms with Crippen molar-refractivity contribution in [3.63, 3.8) is 0 Å². The molecule has 6 nitrogen and oxygen atoms in total. The van der Waals surface area contributed by atoms with E-state index in [2.05, 4.69) is 0 Å². The monoisotopic (exact) mass is 385 g/mol. The van der Waals surface area contributed by atoms with E-state index in [1.807, 2.05) is 18.4 Å². The van der Waals surface area contributed by atoms with Crippen LogP contribution >= 0.6 is 11.8 Å². The second-order valence-corrected chi connectivity index (χ2v) is 9.07. The number of hydrogen-bond donors (Lipinski definition) is 0. The fourth-order valence-corrected chi connectivity index (χ4v) is 4.99. The minimum absolute atomic E-state index is 0.0244. The number of nitrogens with zero attached hydrogens (tertiary/aromatic N) is 1. The van der Waals surface area contributed by atoms with Gasteiger partial charge in [0.15, 0.2) is 15.9 Å². The van der Waals surface area contributed by atoms with Gasteiger partial charge in [0.1, 0.15) is 0 Å². The van der Waals surface area contributed by atoms with Crippen molar-refractivity contribution in [2.45, 2.75) is 37.3 Å². The highest BCUT2D eigenvalue weighted by atomic mass is 32.2. The van der Waals surface area contributed by atoms with E-state index >= 15 is 0 Å². The molecule has 1 aromatic rings. The number of carbonyl (C=O) groups excluding carboxylic acids is 2. The van der Waals surface area contributed by atoms with E-state index in [1.54, 1.807) is 30.8 Å². The molecule has 0 N–H and O–H groups in total. The molecule has 1 fully saturated rings. The van der Waals surface area contributed by atoms with Gasteiger partial charge in [-0.2, -0.15) is 0 Å². The fourth-order valence-electron chi connectivity index (χ4n) is 2.85. The van der Waals surface area contributed by atoms with Gasteiger partial charge < -0.3 is 9.64 Å². The average Bonchev–Trinajstić information content (AvgIpc) is 2.95. The molecule has 1 aliphatic rings. The molecule has 0 aromatic heterocycles. The largest absolute Gasteiger partial charge is 0.449 e. The number of amides is 1. The molecule has 0 aliphatic carbocycles. The molecular formula is C17H23NO5S2. The Balaban J connectivity index is 2.01. The van der Waals surface area contributed by atoms with Gasteiger partial charge in [0, 0.05) is 17.5 Å². The van der Waals surface area contributed by atoms with Crippen LogP contribution in [0.15, 0.2) is 29.2 Å². The van der Waals surface area contributed by atoms with Crippen molar-refractivity contribution in [2.24, 2.45) is 0 Å². The van der Waals surface area contributed by atoms with Crippen molar-refractivity contribution in [1.29, 1.82) is 0 Å². The van der Waals surface area contributed by atoms with Crippen molar-refractivity contribution in [3.05, 3.63) is 29.8 Å². The van der Waals surface area contributed by atoms with Crippen LogP contribution in [0.3, 0.4) is 0 Å². The first-order chi connectivity index (χ1) is 11.8. The van der Waals surface area contributed by atoms with Crippen molar-refractivity contribution < 1.29 is 22.7 Å². The third-order valence-corrected chi connectivity index (χ3v) is 6.72. The van der Waals surface area contributed by atoms with Crippen LogP contribution < -0.4 is 0 Å². The van der Waals surface area contributed by atoms with E-state index in [4.69, 9.17) is 4.74 Å². The SMILES string of the molecule is CCN(C(=O)[C@@H](C)OC(=O)c1ccc(SC)cc1)[C@H]1CCS(=O)(=O)C1. The molecule has 0 saturated carbocycles. The number of sulfone groups is 1. The van der Waals surface area contributed by atoms with Crippen LogP contribution in [0.4, 0.5) is 0 Å². The molecule has 1 heterocycles. The third kappa shape index (κ3) is 4.98. The number of esters is 1. The molecule has 2 atom stereocenters. The standard InChI is InChI=1S/C17H23NO5S2/c1-4-18(14-9-10-25(21,22)11-14)16(19)12(2)23-17(20)13-5-7-15(24-3)8-6-13/h5-8,12,14H,4,9-11H2,1-3H3/t12-,14+/m1/s1. The zero-order valence-corrected chi connectivity index (χ0v) is 16.2. The Morgan fingerprint density at radius 2 is 1.96 bits per heavy atom. The van der Waals surface area contributed by atoms with Crippen molar-refractivity contribution >= 4 is 33.5 Å². The summed E-state index contributed by atoms with van der Waals surface area (Å²) in [5.74, 6) is -0.858. The smallest absolute Gasteiger partial charge is 0.338 e. The Bertz CT molecular complexity index is 730. The van der Waals surface area contributed by atoms with Gasteiger partial charge in [-0.3, -0.25) is 4.79 Å². The first kappa shape index (κ1) is 19.8. The van der Waals surface area contributed by atoms with Crippen molar-refractivity contribution in [3.8, 4) is 0 Å². The van der Waals surface area contributed by atoms with E-state index in [0.29, 0.717) is 18.5 Å². The summed E-state index contributed by atoms with van der Waals surface area (Å²) >= 11 is 1.57. The number of likely N-dealkylation sites (N-methyl/N-ethyl adjacent to an activating group) is 1. The van der Waals surface area contributed by atoms with Crippen LogP contribution in [0.2, 0.25) is 0 Å². The molecule has 0 spiro atoms. The Hall–Kier alpha value is -1.54. The first-order valence-corrected chi connectivity index (χ1v) is 11.2. The van der Waals surface area contributed by atoms with Crippen LogP contribution in [-0.4, -0.2) is 61.6 Å². The topological polar surface area (TPSA) is 80.8 Å². The number of ether oxygens (including phenoxy) is 1. The highest BCUT2D eigenvalue weighted by Crippen LogP contribution is 2.20. The molecule has 1 saturated heterocycles. The van der Waals surface area contributed by atoms with Crippen molar-refractivity contribution in [1.82, 2.24) is 4.90 Å². The maximum atomic E-state index is 12.6. The van der Waals surface area contributed by atoms with Crippen LogP contribution in [0.25, 0.3) is 0 Å². The summed E-state index contributed by atoms with van der Waals surface area (Å²) in [5.41, 5.74) is 0.379. The predicted molar refractivity (Wildman–Crippen MR) is 97.5 cm³/mol. The van der Waals surface area contributed by atoms with Crippen LogP contribution in [0, 0.1) is 0 Å². The normalized spacial score (nSPS) is 20.0. The van der Waals surface area contributed by atoms with Gasteiger partial charge in [-0.25, -0.2) is 13.2 Å². The molecule has 2 rings (SSSR count). The van der Waals surface area contributed by atoms with Gasteiger partial charge >= 0.3 is 5.97 Å². The van der Waals surface area contributed by atoms with E-state index < -0.39 is 21.9 Å². The summed E-state index contributed by atoms with van der Waals surface area (Å²) in [4.78, 5) is 27.3. The lowest BCUT2D eigenvalue weighted by Crippen LogP contribution is -2.46. The van der Waals surface area contributed by atoms with Gasteiger partial charge in [0.2, 0.25) is 0 Å². The highest BCUT2D eigenvalue weighted by Gasteiger charge is 2.36. The molecule has 138 valence electrons. The second kappa shape index (κ2) is 8.23. The molecule has 25 heavy (non-hydrogen) atoms. The summed E-state index contributed by atoms with van der Waals surface area (Å²) in [6.07, 6.45) is 1.41. The van der Waals surface area contributed by atoms with Crippen LogP contribution in [-0.2, 0) is 19.4 Å². The number of hydrogen-bond acceptors (Lipinski definition) is 6.